The molecule has 1 amide bonds. The number of carbonyl (C=O) groups is 1. The third-order valence-electron chi connectivity index (χ3n) is 5.01. The lowest BCUT2D eigenvalue weighted by molar-refractivity contribution is -0.118. The van der Waals surface area contributed by atoms with Gasteiger partial charge < -0.3 is 5.32 Å². The quantitative estimate of drug-likeness (QED) is 0.781. The first-order valence-corrected chi connectivity index (χ1v) is 10.9. The molecule has 0 saturated heterocycles. The summed E-state index contributed by atoms with van der Waals surface area (Å²) in [6.45, 7) is 5.99. The molecular formula is C21H25N3O3S. The number of amidine groups is 1. The molecule has 2 N–H and O–H groups in total. The SMILES string of the molecule is CCc1ccc(NC(=O)[C@@H](N=C2NS(=O)(=O)c3ccccc32)[C@@H](C)CC)cc1. The molecule has 148 valence electrons. The van der Waals surface area contributed by atoms with Crippen LogP contribution in [0.25, 0.3) is 0 Å². The van der Waals surface area contributed by atoms with Gasteiger partial charge in [-0.2, -0.15) is 0 Å². The molecule has 0 radical (unpaired) electrons. The van der Waals surface area contributed by atoms with Crippen LogP contribution in [0.15, 0.2) is 58.4 Å². The minimum absolute atomic E-state index is 0.0559. The number of aryl methyl sites for hydroxylation is 1. The number of rotatable bonds is 6. The first-order chi connectivity index (χ1) is 13.4. The Morgan fingerprint density at radius 1 is 1.11 bits per heavy atom. The molecular weight excluding hydrogens is 374 g/mol. The zero-order chi connectivity index (χ0) is 20.3. The molecule has 0 saturated carbocycles. The molecule has 1 aliphatic rings. The molecule has 2 atom stereocenters. The molecule has 2 aromatic rings. The number of benzene rings is 2. The number of amides is 1. The number of fused-ring (bicyclic) bond motifs is 1. The van der Waals surface area contributed by atoms with Gasteiger partial charge in [-0.25, -0.2) is 8.42 Å². The maximum Gasteiger partial charge on any atom is 0.263 e. The summed E-state index contributed by atoms with van der Waals surface area (Å²) in [5.41, 5.74) is 2.38. The second kappa shape index (κ2) is 8.14. The molecule has 6 nitrogen and oxygen atoms in total. The zero-order valence-electron chi connectivity index (χ0n) is 16.3. The minimum atomic E-state index is -3.64. The number of nitrogens with zero attached hydrogens (tertiary/aromatic N) is 1. The summed E-state index contributed by atoms with van der Waals surface area (Å²) < 4.78 is 27.1. The van der Waals surface area contributed by atoms with Crippen LogP contribution in [0.2, 0.25) is 0 Å². The predicted octanol–water partition coefficient (Wildman–Crippen LogP) is 3.34. The summed E-state index contributed by atoms with van der Waals surface area (Å²) in [7, 11) is -3.64. The van der Waals surface area contributed by atoms with Crippen molar-refractivity contribution in [2.24, 2.45) is 10.9 Å². The van der Waals surface area contributed by atoms with Gasteiger partial charge in [-0.1, -0.05) is 51.5 Å². The third-order valence-corrected chi connectivity index (χ3v) is 6.41. The maximum atomic E-state index is 12.9. The molecule has 7 heteroatoms. The Balaban J connectivity index is 1.90. The fourth-order valence-electron chi connectivity index (χ4n) is 3.08. The summed E-state index contributed by atoms with van der Waals surface area (Å²) in [5, 5.41) is 2.90. The molecule has 1 heterocycles. The van der Waals surface area contributed by atoms with Crippen molar-refractivity contribution >= 4 is 27.5 Å². The van der Waals surface area contributed by atoms with Crippen LogP contribution >= 0.6 is 0 Å². The largest absolute Gasteiger partial charge is 0.324 e. The van der Waals surface area contributed by atoms with Crippen molar-refractivity contribution < 1.29 is 13.2 Å². The molecule has 28 heavy (non-hydrogen) atoms. The van der Waals surface area contributed by atoms with Gasteiger partial charge in [-0.05, 0) is 42.2 Å². The lowest BCUT2D eigenvalue weighted by Crippen LogP contribution is -2.34. The Hall–Kier alpha value is -2.67. The van der Waals surface area contributed by atoms with E-state index in [2.05, 4.69) is 22.0 Å². The van der Waals surface area contributed by atoms with Gasteiger partial charge in [0.15, 0.2) is 0 Å². The van der Waals surface area contributed by atoms with Crippen LogP contribution in [-0.2, 0) is 21.2 Å². The van der Waals surface area contributed by atoms with E-state index in [1.54, 1.807) is 18.2 Å². The summed E-state index contributed by atoms with van der Waals surface area (Å²) in [6, 6.07) is 13.6. The number of sulfonamides is 1. The van der Waals surface area contributed by atoms with E-state index in [4.69, 9.17) is 0 Å². The first-order valence-electron chi connectivity index (χ1n) is 9.45. The second-order valence-electron chi connectivity index (χ2n) is 6.95. The standard InChI is InChI=1S/C21H25N3O3S/c1-4-14(3)19(21(25)22-16-12-10-15(5-2)11-13-16)23-20-17-8-6-7-9-18(17)28(26,27)24-20/h6-14,19H,4-5H2,1-3H3,(H,22,25)(H,23,24)/t14-,19-/m0/s1. The Labute approximate surface area is 166 Å². The van der Waals surface area contributed by atoms with Gasteiger partial charge in [0.25, 0.3) is 10.0 Å². The number of carbonyl (C=O) groups excluding carboxylic acids is 1. The average Bonchev–Trinajstić information content (AvgIpc) is 2.96. The van der Waals surface area contributed by atoms with E-state index < -0.39 is 16.1 Å². The lowest BCUT2D eigenvalue weighted by atomic mass is 9.98. The van der Waals surface area contributed by atoms with Crippen LogP contribution in [0.5, 0.6) is 0 Å². The normalized spacial score (nSPS) is 18.2. The van der Waals surface area contributed by atoms with E-state index in [9.17, 15) is 13.2 Å². The van der Waals surface area contributed by atoms with Gasteiger partial charge in [0.05, 0.1) is 4.90 Å². The van der Waals surface area contributed by atoms with E-state index in [0.717, 1.165) is 12.8 Å². The summed E-state index contributed by atoms with van der Waals surface area (Å²) in [4.78, 5) is 17.6. The maximum absolute atomic E-state index is 12.9. The van der Waals surface area contributed by atoms with Crippen molar-refractivity contribution in [3.05, 3.63) is 59.7 Å². The van der Waals surface area contributed by atoms with Gasteiger partial charge >= 0.3 is 0 Å². The minimum Gasteiger partial charge on any atom is -0.324 e. The van der Waals surface area contributed by atoms with Gasteiger partial charge in [-0.15, -0.1) is 0 Å². The highest BCUT2D eigenvalue weighted by Gasteiger charge is 2.33. The van der Waals surface area contributed by atoms with Crippen molar-refractivity contribution in [2.75, 3.05) is 5.32 Å². The van der Waals surface area contributed by atoms with Crippen molar-refractivity contribution in [3.63, 3.8) is 0 Å². The van der Waals surface area contributed by atoms with E-state index in [1.807, 2.05) is 38.1 Å². The molecule has 0 spiro atoms. The van der Waals surface area contributed by atoms with Gasteiger partial charge in [0.1, 0.15) is 11.9 Å². The zero-order valence-corrected chi connectivity index (χ0v) is 17.1. The van der Waals surface area contributed by atoms with Crippen LogP contribution in [0.3, 0.4) is 0 Å². The fourth-order valence-corrected chi connectivity index (χ4v) is 4.32. The summed E-state index contributed by atoms with van der Waals surface area (Å²) >= 11 is 0. The third kappa shape index (κ3) is 4.09. The Morgan fingerprint density at radius 3 is 2.43 bits per heavy atom. The van der Waals surface area contributed by atoms with Gasteiger partial charge in [0.2, 0.25) is 5.91 Å². The Morgan fingerprint density at radius 2 is 1.79 bits per heavy atom. The summed E-state index contributed by atoms with van der Waals surface area (Å²) in [6.07, 6.45) is 1.66. The van der Waals surface area contributed by atoms with E-state index >= 15 is 0 Å². The fraction of sp³-hybridized carbons (Fsp3) is 0.333. The molecule has 2 aromatic carbocycles. The molecule has 0 fully saturated rings. The topological polar surface area (TPSA) is 87.6 Å². The van der Waals surface area contributed by atoms with E-state index in [-0.39, 0.29) is 22.6 Å². The Kier molecular flexibility index (Phi) is 5.84. The van der Waals surface area contributed by atoms with Crippen LogP contribution in [0.1, 0.15) is 38.3 Å². The van der Waals surface area contributed by atoms with E-state index in [0.29, 0.717) is 11.3 Å². The molecule has 0 aliphatic carbocycles. The second-order valence-corrected chi connectivity index (χ2v) is 8.60. The van der Waals surface area contributed by atoms with Crippen LogP contribution in [0.4, 0.5) is 5.69 Å². The highest BCUT2D eigenvalue weighted by atomic mass is 32.2. The van der Waals surface area contributed by atoms with E-state index in [1.165, 1.54) is 11.6 Å². The number of hydrogen-bond donors (Lipinski definition) is 2. The smallest absolute Gasteiger partial charge is 0.263 e. The predicted molar refractivity (Wildman–Crippen MR) is 111 cm³/mol. The number of hydrogen-bond acceptors (Lipinski definition) is 4. The highest BCUT2D eigenvalue weighted by molar-refractivity contribution is 7.90. The molecule has 0 bridgehead atoms. The lowest BCUT2D eigenvalue weighted by Gasteiger charge is -2.19. The van der Waals surface area contributed by atoms with Crippen molar-refractivity contribution in [2.45, 2.75) is 44.6 Å². The Bertz CT molecular complexity index is 998. The van der Waals surface area contributed by atoms with Crippen molar-refractivity contribution in [3.8, 4) is 0 Å². The summed E-state index contributed by atoms with van der Waals surface area (Å²) in [5.74, 6) is -0.0910. The van der Waals surface area contributed by atoms with Crippen molar-refractivity contribution in [1.82, 2.24) is 4.72 Å². The van der Waals surface area contributed by atoms with Crippen LogP contribution in [0, 0.1) is 5.92 Å². The molecule has 3 rings (SSSR count). The van der Waals surface area contributed by atoms with Crippen LogP contribution < -0.4 is 10.0 Å². The molecule has 0 unspecified atom stereocenters. The van der Waals surface area contributed by atoms with Gasteiger partial charge in [0, 0.05) is 11.3 Å². The average molecular weight is 400 g/mol. The number of anilines is 1. The first kappa shape index (κ1) is 20.1. The number of nitrogens with one attached hydrogen (secondary N) is 2. The molecule has 1 aliphatic heterocycles. The monoisotopic (exact) mass is 399 g/mol. The van der Waals surface area contributed by atoms with Crippen molar-refractivity contribution in [1.29, 1.82) is 0 Å². The highest BCUT2D eigenvalue weighted by Crippen LogP contribution is 2.24. The van der Waals surface area contributed by atoms with Crippen LogP contribution in [-0.4, -0.2) is 26.2 Å². The van der Waals surface area contributed by atoms with Gasteiger partial charge in [-0.3, -0.25) is 14.5 Å². The number of aliphatic imine (C=N–C) groups is 1. The molecule has 0 aromatic heterocycles.